The molecule has 1 aliphatic rings. The Balaban J connectivity index is 2.32. The monoisotopic (exact) mass is 260 g/mol. The Labute approximate surface area is 115 Å². The first-order chi connectivity index (χ1) is 9.00. The smallest absolute Gasteiger partial charge is 0.124 e. The summed E-state index contributed by atoms with van der Waals surface area (Å²) < 4.78 is 0. The van der Waals surface area contributed by atoms with Crippen molar-refractivity contribution in [1.82, 2.24) is 4.90 Å². The topological polar surface area (TPSA) is 56.4 Å². The molecule has 0 saturated carbocycles. The van der Waals surface area contributed by atoms with Crippen molar-refractivity contribution in [2.75, 3.05) is 32.1 Å². The number of likely N-dealkylation sites (N-methyl/N-ethyl adjacent to an activating group) is 2. The zero-order valence-electron chi connectivity index (χ0n) is 12.1. The van der Waals surface area contributed by atoms with Crippen LogP contribution < -0.4 is 10.6 Å². The summed E-state index contributed by atoms with van der Waals surface area (Å²) in [5, 5.41) is 7.76. The van der Waals surface area contributed by atoms with Gasteiger partial charge in [-0.25, -0.2) is 0 Å². The van der Waals surface area contributed by atoms with Gasteiger partial charge in [0.25, 0.3) is 0 Å². The first-order valence-corrected chi connectivity index (χ1v) is 6.86. The van der Waals surface area contributed by atoms with E-state index in [1.807, 2.05) is 12.1 Å². The minimum atomic E-state index is 0.148. The Kier molecular flexibility index (Phi) is 4.10. The van der Waals surface area contributed by atoms with Crippen LogP contribution in [-0.4, -0.2) is 44.0 Å². The second-order valence-electron chi connectivity index (χ2n) is 5.55. The molecule has 4 heteroatoms. The fraction of sp³-hybridized carbons (Fsp3) is 0.533. The van der Waals surface area contributed by atoms with Gasteiger partial charge in [-0.1, -0.05) is 12.1 Å². The number of hydrogen-bond acceptors (Lipinski definition) is 3. The van der Waals surface area contributed by atoms with E-state index < -0.39 is 0 Å². The number of nitrogens with one attached hydrogen (secondary N) is 1. The zero-order chi connectivity index (χ0) is 14.0. The van der Waals surface area contributed by atoms with Crippen LogP contribution in [0.1, 0.15) is 24.0 Å². The SMILES string of the molecule is Cc1cccc(C(=N)N)c1N(C)C1CCCN(C)C1. The molecule has 1 fully saturated rings. The van der Waals surface area contributed by atoms with Gasteiger partial charge in [0.1, 0.15) is 5.84 Å². The summed E-state index contributed by atoms with van der Waals surface area (Å²) in [7, 11) is 4.29. The lowest BCUT2D eigenvalue weighted by atomic mass is 10.0. The zero-order valence-corrected chi connectivity index (χ0v) is 12.1. The lowest BCUT2D eigenvalue weighted by molar-refractivity contribution is 0.248. The number of nitrogen functional groups attached to an aromatic ring is 1. The van der Waals surface area contributed by atoms with E-state index in [1.165, 1.54) is 24.9 Å². The molecular weight excluding hydrogens is 236 g/mol. The minimum absolute atomic E-state index is 0.148. The van der Waals surface area contributed by atoms with E-state index >= 15 is 0 Å². The van der Waals surface area contributed by atoms with Crippen molar-refractivity contribution >= 4 is 11.5 Å². The van der Waals surface area contributed by atoms with Crippen LogP contribution in [-0.2, 0) is 0 Å². The third-order valence-electron chi connectivity index (χ3n) is 4.03. The number of hydrogen-bond donors (Lipinski definition) is 2. The second-order valence-corrected chi connectivity index (χ2v) is 5.55. The number of amidine groups is 1. The number of nitrogens with two attached hydrogens (primary N) is 1. The van der Waals surface area contributed by atoms with Gasteiger partial charge in [-0.3, -0.25) is 5.41 Å². The average molecular weight is 260 g/mol. The molecule has 1 unspecified atom stereocenters. The molecule has 104 valence electrons. The lowest BCUT2D eigenvalue weighted by Gasteiger charge is -2.38. The Morgan fingerprint density at radius 2 is 2.21 bits per heavy atom. The molecular formula is C15H24N4. The summed E-state index contributed by atoms with van der Waals surface area (Å²) in [4.78, 5) is 4.68. The highest BCUT2D eigenvalue weighted by molar-refractivity contribution is 6.01. The van der Waals surface area contributed by atoms with Gasteiger partial charge >= 0.3 is 0 Å². The Morgan fingerprint density at radius 3 is 2.84 bits per heavy atom. The van der Waals surface area contributed by atoms with Gasteiger partial charge in [-0.2, -0.15) is 0 Å². The number of rotatable bonds is 3. The predicted octanol–water partition coefficient (Wildman–Crippen LogP) is 1.81. The highest BCUT2D eigenvalue weighted by atomic mass is 15.2. The number of benzene rings is 1. The molecule has 1 atom stereocenters. The third kappa shape index (κ3) is 2.89. The minimum Gasteiger partial charge on any atom is -0.384 e. The Hall–Kier alpha value is -1.55. The maximum absolute atomic E-state index is 7.76. The molecule has 0 bridgehead atoms. The molecule has 1 aliphatic heterocycles. The summed E-state index contributed by atoms with van der Waals surface area (Å²) in [6.45, 7) is 4.34. The van der Waals surface area contributed by atoms with Gasteiger partial charge in [0.2, 0.25) is 0 Å². The summed E-state index contributed by atoms with van der Waals surface area (Å²) in [5.74, 6) is 0.148. The lowest BCUT2D eigenvalue weighted by Crippen LogP contribution is -2.45. The summed E-state index contributed by atoms with van der Waals surface area (Å²) in [6.07, 6.45) is 2.43. The van der Waals surface area contributed by atoms with Gasteiger partial charge < -0.3 is 15.5 Å². The number of aryl methyl sites for hydroxylation is 1. The van der Waals surface area contributed by atoms with Crippen LogP contribution >= 0.6 is 0 Å². The van der Waals surface area contributed by atoms with Crippen LogP contribution in [0.25, 0.3) is 0 Å². The Morgan fingerprint density at radius 1 is 1.47 bits per heavy atom. The van der Waals surface area contributed by atoms with Gasteiger partial charge in [-0.15, -0.1) is 0 Å². The molecule has 2 rings (SSSR count). The van der Waals surface area contributed by atoms with Crippen LogP contribution in [0.15, 0.2) is 18.2 Å². The van der Waals surface area contributed by atoms with Crippen LogP contribution in [0.2, 0.25) is 0 Å². The molecule has 1 aromatic carbocycles. The highest BCUT2D eigenvalue weighted by Crippen LogP contribution is 2.28. The van der Waals surface area contributed by atoms with Crippen LogP contribution in [0.5, 0.6) is 0 Å². The fourth-order valence-corrected chi connectivity index (χ4v) is 2.98. The number of anilines is 1. The fourth-order valence-electron chi connectivity index (χ4n) is 2.98. The van der Waals surface area contributed by atoms with Gasteiger partial charge in [0, 0.05) is 25.2 Å². The molecule has 1 heterocycles. The van der Waals surface area contributed by atoms with Crippen molar-refractivity contribution in [2.45, 2.75) is 25.8 Å². The normalized spacial score (nSPS) is 20.3. The molecule has 4 nitrogen and oxygen atoms in total. The van der Waals surface area contributed by atoms with Crippen molar-refractivity contribution in [3.8, 4) is 0 Å². The summed E-state index contributed by atoms with van der Waals surface area (Å²) >= 11 is 0. The Bertz CT molecular complexity index is 469. The van der Waals surface area contributed by atoms with Gasteiger partial charge in [-0.05, 0) is 45.0 Å². The first kappa shape index (κ1) is 13.9. The van der Waals surface area contributed by atoms with Gasteiger partial charge in [0.15, 0.2) is 0 Å². The number of likely N-dealkylation sites (tertiary alicyclic amines) is 1. The molecule has 3 N–H and O–H groups in total. The van der Waals surface area contributed by atoms with Crippen molar-refractivity contribution in [1.29, 1.82) is 5.41 Å². The first-order valence-electron chi connectivity index (χ1n) is 6.86. The molecule has 1 saturated heterocycles. The highest BCUT2D eigenvalue weighted by Gasteiger charge is 2.24. The van der Waals surface area contributed by atoms with Crippen molar-refractivity contribution < 1.29 is 0 Å². The number of para-hydroxylation sites is 1. The van der Waals surface area contributed by atoms with E-state index in [0.717, 1.165) is 17.8 Å². The molecule has 0 aliphatic carbocycles. The van der Waals surface area contributed by atoms with E-state index in [1.54, 1.807) is 0 Å². The molecule has 0 radical (unpaired) electrons. The second kappa shape index (κ2) is 5.61. The molecule has 1 aromatic rings. The number of nitrogens with zero attached hydrogens (tertiary/aromatic N) is 2. The van der Waals surface area contributed by atoms with E-state index in [9.17, 15) is 0 Å². The third-order valence-corrected chi connectivity index (χ3v) is 4.03. The molecule has 0 amide bonds. The molecule has 0 spiro atoms. The van der Waals surface area contributed by atoms with E-state index in [4.69, 9.17) is 11.1 Å². The largest absolute Gasteiger partial charge is 0.384 e. The predicted molar refractivity (Wildman–Crippen MR) is 81.1 cm³/mol. The molecule has 0 aromatic heterocycles. The van der Waals surface area contributed by atoms with Gasteiger partial charge in [0.05, 0.1) is 5.69 Å². The number of piperidine rings is 1. The maximum atomic E-state index is 7.76. The van der Waals surface area contributed by atoms with Crippen LogP contribution in [0.3, 0.4) is 0 Å². The van der Waals surface area contributed by atoms with E-state index in [-0.39, 0.29) is 5.84 Å². The van der Waals surface area contributed by atoms with Crippen molar-refractivity contribution in [2.24, 2.45) is 5.73 Å². The van der Waals surface area contributed by atoms with Crippen molar-refractivity contribution in [3.63, 3.8) is 0 Å². The standard InChI is InChI=1S/C15H24N4/c1-11-6-4-8-13(15(16)17)14(11)19(3)12-7-5-9-18(2)10-12/h4,6,8,12H,5,7,9-10H2,1-3H3,(H3,16,17). The summed E-state index contributed by atoms with van der Waals surface area (Å²) in [6, 6.07) is 6.49. The average Bonchev–Trinajstić information content (AvgIpc) is 2.37. The summed E-state index contributed by atoms with van der Waals surface area (Å²) in [5.41, 5.74) is 8.86. The quantitative estimate of drug-likeness (QED) is 0.644. The van der Waals surface area contributed by atoms with E-state index in [2.05, 4.69) is 36.9 Å². The van der Waals surface area contributed by atoms with E-state index in [0.29, 0.717) is 6.04 Å². The van der Waals surface area contributed by atoms with Crippen LogP contribution in [0.4, 0.5) is 5.69 Å². The maximum Gasteiger partial charge on any atom is 0.124 e. The van der Waals surface area contributed by atoms with Crippen LogP contribution in [0, 0.1) is 12.3 Å². The van der Waals surface area contributed by atoms with Crippen molar-refractivity contribution in [3.05, 3.63) is 29.3 Å². The molecule has 19 heavy (non-hydrogen) atoms.